The number of para-hydroxylation sites is 1. The summed E-state index contributed by atoms with van der Waals surface area (Å²) < 4.78 is 6.51. The van der Waals surface area contributed by atoms with Crippen molar-refractivity contribution in [2.75, 3.05) is 49.6 Å². The summed E-state index contributed by atoms with van der Waals surface area (Å²) in [5.74, 6) is 1.21. The number of nitrogens with zero attached hydrogens (tertiary/aromatic N) is 3. The Labute approximate surface area is 178 Å². The molecule has 1 atom stereocenters. The van der Waals surface area contributed by atoms with E-state index in [1.807, 2.05) is 24.3 Å². The first-order valence-corrected chi connectivity index (χ1v) is 11.4. The van der Waals surface area contributed by atoms with Crippen molar-refractivity contribution in [2.24, 2.45) is 0 Å². The summed E-state index contributed by atoms with van der Waals surface area (Å²) in [5.41, 5.74) is 1.27. The van der Waals surface area contributed by atoms with E-state index in [1.54, 1.807) is 0 Å². The Kier molecular flexibility index (Phi) is 5.65. The number of aromatic amines is 1. The van der Waals surface area contributed by atoms with E-state index in [4.69, 9.17) is 14.7 Å². The normalized spacial score (nSPS) is 20.3. The van der Waals surface area contributed by atoms with Crippen molar-refractivity contribution < 1.29 is 4.74 Å². The number of benzene rings is 1. The number of ether oxygens (including phenoxy) is 1. The first kappa shape index (κ1) is 19.5. The van der Waals surface area contributed by atoms with Gasteiger partial charge < -0.3 is 20.3 Å². The molecule has 0 spiro atoms. The zero-order chi connectivity index (χ0) is 20.3. The third-order valence-corrected chi connectivity index (χ3v) is 6.67. The molecule has 0 radical (unpaired) electrons. The highest BCUT2D eigenvalue weighted by Crippen LogP contribution is 2.32. The maximum absolute atomic E-state index is 13.2. The van der Waals surface area contributed by atoms with Gasteiger partial charge in [-0.1, -0.05) is 18.6 Å². The Hall–Kier alpha value is -2.49. The van der Waals surface area contributed by atoms with E-state index in [0.29, 0.717) is 48.6 Å². The average molecular weight is 427 g/mol. The number of H-pyrrole nitrogens is 1. The summed E-state index contributed by atoms with van der Waals surface area (Å²) in [6.07, 6.45) is 3.37. The van der Waals surface area contributed by atoms with Gasteiger partial charge in [0.05, 0.1) is 23.4 Å². The molecule has 0 amide bonds. The topological polar surface area (TPSA) is 95.2 Å². The SMILES string of the molecule is O=c1[nH]c(N2CCOCC2)nc(N[C@@H]2CCCCNC2)c1-c1nc2ccccc2s1. The molecule has 5 rings (SSSR count). The molecule has 8 nitrogen and oxygen atoms in total. The fraction of sp³-hybridized carbons (Fsp3) is 0.476. The van der Waals surface area contributed by atoms with E-state index < -0.39 is 0 Å². The molecule has 3 N–H and O–H groups in total. The minimum absolute atomic E-state index is 0.158. The lowest BCUT2D eigenvalue weighted by molar-refractivity contribution is 0.122. The van der Waals surface area contributed by atoms with E-state index >= 15 is 0 Å². The van der Waals surface area contributed by atoms with Crippen molar-refractivity contribution >= 4 is 33.3 Å². The number of fused-ring (bicyclic) bond motifs is 1. The van der Waals surface area contributed by atoms with Gasteiger partial charge in [0.15, 0.2) is 0 Å². The van der Waals surface area contributed by atoms with Crippen LogP contribution in [0.5, 0.6) is 0 Å². The predicted octanol–water partition coefficient (Wildman–Crippen LogP) is 2.44. The van der Waals surface area contributed by atoms with Crippen molar-refractivity contribution in [1.29, 1.82) is 0 Å². The van der Waals surface area contributed by atoms with E-state index in [0.717, 1.165) is 36.1 Å². The van der Waals surface area contributed by atoms with Crippen molar-refractivity contribution in [2.45, 2.75) is 25.3 Å². The van der Waals surface area contributed by atoms with Crippen molar-refractivity contribution in [3.63, 3.8) is 0 Å². The summed E-state index contributed by atoms with van der Waals surface area (Å²) in [5, 5.41) is 7.74. The zero-order valence-electron chi connectivity index (χ0n) is 16.8. The van der Waals surface area contributed by atoms with Crippen LogP contribution < -0.4 is 21.1 Å². The van der Waals surface area contributed by atoms with Crippen LogP contribution in [-0.4, -0.2) is 60.4 Å². The maximum Gasteiger partial charge on any atom is 0.264 e. The second-order valence-corrected chi connectivity index (χ2v) is 8.77. The number of morpholine rings is 1. The number of rotatable bonds is 4. The van der Waals surface area contributed by atoms with Gasteiger partial charge in [-0.25, -0.2) is 4.98 Å². The molecular weight excluding hydrogens is 400 g/mol. The van der Waals surface area contributed by atoms with Gasteiger partial charge in [0.25, 0.3) is 5.56 Å². The first-order valence-electron chi connectivity index (χ1n) is 10.6. The monoisotopic (exact) mass is 426 g/mol. The summed E-state index contributed by atoms with van der Waals surface area (Å²) >= 11 is 1.53. The Morgan fingerprint density at radius 2 is 2.03 bits per heavy atom. The standard InChI is InChI=1S/C21H26N6O2S/c28-19-17(20-24-15-6-1-2-7-16(15)30-20)18(23-14-5-3-4-8-22-13-14)25-21(26-19)27-9-11-29-12-10-27/h1-2,6-7,14,22H,3-5,8-13H2,(H2,23,25,26,28)/t14-/m1/s1. The second-order valence-electron chi connectivity index (χ2n) is 7.74. The Bertz CT molecular complexity index is 1030. The molecular formula is C21H26N6O2S. The third-order valence-electron chi connectivity index (χ3n) is 5.61. The van der Waals surface area contributed by atoms with Crippen molar-refractivity contribution in [3.05, 3.63) is 34.6 Å². The van der Waals surface area contributed by atoms with Crippen LogP contribution in [-0.2, 0) is 4.74 Å². The van der Waals surface area contributed by atoms with Gasteiger partial charge >= 0.3 is 0 Å². The smallest absolute Gasteiger partial charge is 0.264 e. The van der Waals surface area contributed by atoms with E-state index in [-0.39, 0.29) is 11.6 Å². The summed E-state index contributed by atoms with van der Waals surface area (Å²) in [6, 6.07) is 8.19. The second kappa shape index (κ2) is 8.71. The molecule has 3 aromatic rings. The van der Waals surface area contributed by atoms with Crippen LogP contribution in [0.1, 0.15) is 19.3 Å². The highest BCUT2D eigenvalue weighted by molar-refractivity contribution is 7.21. The van der Waals surface area contributed by atoms with E-state index in [1.165, 1.54) is 17.8 Å². The molecule has 2 saturated heterocycles. The first-order chi connectivity index (χ1) is 14.8. The minimum atomic E-state index is -0.158. The molecule has 30 heavy (non-hydrogen) atoms. The lowest BCUT2D eigenvalue weighted by Crippen LogP contribution is -2.39. The molecule has 2 aliphatic heterocycles. The van der Waals surface area contributed by atoms with Crippen LogP contribution >= 0.6 is 11.3 Å². The van der Waals surface area contributed by atoms with Crippen LogP contribution in [0.15, 0.2) is 29.1 Å². The number of thiazole rings is 1. The lowest BCUT2D eigenvalue weighted by Gasteiger charge is -2.28. The summed E-state index contributed by atoms with van der Waals surface area (Å²) in [4.78, 5) is 27.9. The molecule has 0 saturated carbocycles. The molecule has 2 aromatic heterocycles. The summed E-state index contributed by atoms with van der Waals surface area (Å²) in [7, 11) is 0. The molecule has 0 bridgehead atoms. The minimum Gasteiger partial charge on any atom is -0.378 e. The van der Waals surface area contributed by atoms with E-state index in [9.17, 15) is 4.79 Å². The Morgan fingerprint density at radius 3 is 2.90 bits per heavy atom. The largest absolute Gasteiger partial charge is 0.378 e. The molecule has 1 aromatic carbocycles. The average Bonchev–Trinajstić information content (AvgIpc) is 3.02. The third kappa shape index (κ3) is 4.05. The van der Waals surface area contributed by atoms with Crippen LogP contribution in [0, 0.1) is 0 Å². The van der Waals surface area contributed by atoms with Crippen molar-refractivity contribution in [1.82, 2.24) is 20.3 Å². The number of hydrogen-bond donors (Lipinski definition) is 3. The molecule has 2 fully saturated rings. The van der Waals surface area contributed by atoms with Gasteiger partial charge in [0.2, 0.25) is 5.95 Å². The van der Waals surface area contributed by atoms with Crippen LogP contribution in [0.4, 0.5) is 11.8 Å². The molecule has 0 unspecified atom stereocenters. The Balaban J connectivity index is 1.57. The molecule has 9 heteroatoms. The van der Waals surface area contributed by atoms with Crippen LogP contribution in [0.2, 0.25) is 0 Å². The van der Waals surface area contributed by atoms with Gasteiger partial charge in [-0.05, 0) is 31.5 Å². The van der Waals surface area contributed by atoms with E-state index in [2.05, 4.69) is 20.5 Å². The molecule has 158 valence electrons. The van der Waals surface area contributed by atoms with Gasteiger partial charge in [-0.15, -0.1) is 11.3 Å². The lowest BCUT2D eigenvalue weighted by atomic mass is 10.1. The molecule has 0 aliphatic carbocycles. The quantitative estimate of drug-likeness (QED) is 0.590. The fourth-order valence-corrected chi connectivity index (χ4v) is 5.01. The van der Waals surface area contributed by atoms with Gasteiger partial charge in [0, 0.05) is 25.7 Å². The maximum atomic E-state index is 13.2. The fourth-order valence-electron chi connectivity index (χ4n) is 4.00. The predicted molar refractivity (Wildman–Crippen MR) is 121 cm³/mol. The highest BCUT2D eigenvalue weighted by Gasteiger charge is 2.23. The number of anilines is 2. The van der Waals surface area contributed by atoms with Crippen LogP contribution in [0.3, 0.4) is 0 Å². The van der Waals surface area contributed by atoms with Crippen LogP contribution in [0.25, 0.3) is 20.8 Å². The highest BCUT2D eigenvalue weighted by atomic mass is 32.1. The Morgan fingerprint density at radius 1 is 1.17 bits per heavy atom. The zero-order valence-corrected chi connectivity index (χ0v) is 17.6. The van der Waals surface area contributed by atoms with Crippen molar-refractivity contribution in [3.8, 4) is 10.6 Å². The van der Waals surface area contributed by atoms with Gasteiger partial charge in [0.1, 0.15) is 16.4 Å². The number of aromatic nitrogens is 3. The van der Waals surface area contributed by atoms with Gasteiger partial charge in [-0.3, -0.25) is 9.78 Å². The molecule has 4 heterocycles. The summed E-state index contributed by atoms with van der Waals surface area (Å²) in [6.45, 7) is 4.60. The number of nitrogens with one attached hydrogen (secondary N) is 3. The van der Waals surface area contributed by atoms with Gasteiger partial charge in [-0.2, -0.15) is 4.98 Å². The molecule has 2 aliphatic rings. The number of hydrogen-bond acceptors (Lipinski definition) is 8.